The van der Waals surface area contributed by atoms with Crippen LogP contribution >= 0.6 is 0 Å². The van der Waals surface area contributed by atoms with Gasteiger partial charge in [0.15, 0.2) is 0 Å². The van der Waals surface area contributed by atoms with Gasteiger partial charge < -0.3 is 5.32 Å². The van der Waals surface area contributed by atoms with E-state index in [0.717, 1.165) is 19.4 Å². The molecular formula is C18H27NOS. The van der Waals surface area contributed by atoms with E-state index < -0.39 is 10.8 Å². The van der Waals surface area contributed by atoms with Crippen molar-refractivity contribution in [3.05, 3.63) is 35.4 Å². The van der Waals surface area contributed by atoms with Crippen LogP contribution in [0.5, 0.6) is 0 Å². The maximum absolute atomic E-state index is 13.1. The first kappa shape index (κ1) is 15.2. The number of nitrogens with one attached hydrogen (secondary N) is 1. The number of fused-ring (bicyclic) bond motifs is 1. The smallest absolute Gasteiger partial charge is 0.0548 e. The van der Waals surface area contributed by atoms with Gasteiger partial charge in [-0.15, -0.1) is 0 Å². The minimum absolute atomic E-state index is 0.280. The second kappa shape index (κ2) is 7.06. The Balaban J connectivity index is 1.82. The molecule has 2 aliphatic carbocycles. The molecule has 3 unspecified atom stereocenters. The zero-order valence-electron chi connectivity index (χ0n) is 13.0. The van der Waals surface area contributed by atoms with Crippen molar-refractivity contribution in [2.24, 2.45) is 0 Å². The van der Waals surface area contributed by atoms with E-state index in [4.69, 9.17) is 0 Å². The Kier molecular flexibility index (Phi) is 5.12. The van der Waals surface area contributed by atoms with E-state index in [1.807, 2.05) is 0 Å². The SMILES string of the molecule is CCNC1c2ccccc2CCC1S(=O)C1CCCCC1. The summed E-state index contributed by atoms with van der Waals surface area (Å²) in [5, 5.41) is 4.35. The first-order valence-corrected chi connectivity index (χ1v) is 9.79. The summed E-state index contributed by atoms with van der Waals surface area (Å²) in [6.45, 7) is 3.09. The molecule has 0 saturated heterocycles. The maximum Gasteiger partial charge on any atom is 0.0548 e. The van der Waals surface area contributed by atoms with Gasteiger partial charge in [0.05, 0.1) is 5.25 Å². The van der Waals surface area contributed by atoms with Gasteiger partial charge in [-0.1, -0.05) is 50.5 Å². The third-order valence-electron chi connectivity index (χ3n) is 5.06. The van der Waals surface area contributed by atoms with Crippen LogP contribution in [0.2, 0.25) is 0 Å². The molecule has 3 heteroatoms. The van der Waals surface area contributed by atoms with Gasteiger partial charge in [0.25, 0.3) is 0 Å². The normalized spacial score (nSPS) is 28.0. The molecular weight excluding hydrogens is 278 g/mol. The van der Waals surface area contributed by atoms with Crippen molar-refractivity contribution in [3.63, 3.8) is 0 Å². The number of benzene rings is 1. The molecule has 1 N–H and O–H groups in total. The van der Waals surface area contributed by atoms with Crippen LogP contribution in [0.25, 0.3) is 0 Å². The summed E-state index contributed by atoms with van der Waals surface area (Å²) in [6.07, 6.45) is 8.36. The van der Waals surface area contributed by atoms with E-state index in [0.29, 0.717) is 10.5 Å². The predicted octanol–water partition coefficient (Wildman–Crippen LogP) is 3.73. The quantitative estimate of drug-likeness (QED) is 0.918. The minimum atomic E-state index is -0.694. The fourth-order valence-corrected chi connectivity index (χ4v) is 6.14. The van der Waals surface area contributed by atoms with Gasteiger partial charge in [-0.3, -0.25) is 4.21 Å². The molecule has 3 atom stereocenters. The zero-order valence-corrected chi connectivity index (χ0v) is 13.8. The van der Waals surface area contributed by atoms with Crippen molar-refractivity contribution in [2.75, 3.05) is 6.54 Å². The van der Waals surface area contributed by atoms with Gasteiger partial charge >= 0.3 is 0 Å². The molecule has 0 radical (unpaired) electrons. The summed E-state index contributed by atoms with van der Waals surface area (Å²) in [7, 11) is -0.694. The molecule has 3 rings (SSSR count). The molecule has 1 aromatic rings. The number of rotatable bonds is 4. The third-order valence-corrected chi connectivity index (χ3v) is 7.30. The zero-order chi connectivity index (χ0) is 14.7. The van der Waals surface area contributed by atoms with Crippen molar-refractivity contribution in [3.8, 4) is 0 Å². The Hall–Kier alpha value is -0.670. The molecule has 0 heterocycles. The highest BCUT2D eigenvalue weighted by Gasteiger charge is 2.36. The van der Waals surface area contributed by atoms with Crippen LogP contribution in [0.3, 0.4) is 0 Å². The van der Waals surface area contributed by atoms with Crippen LogP contribution in [-0.4, -0.2) is 21.3 Å². The van der Waals surface area contributed by atoms with E-state index in [1.165, 1.54) is 43.2 Å². The van der Waals surface area contributed by atoms with Crippen molar-refractivity contribution in [1.29, 1.82) is 0 Å². The molecule has 2 aliphatic rings. The monoisotopic (exact) mass is 305 g/mol. The topological polar surface area (TPSA) is 29.1 Å². The highest BCUT2D eigenvalue weighted by atomic mass is 32.2. The second-order valence-electron chi connectivity index (χ2n) is 6.40. The molecule has 1 aromatic carbocycles. The Morgan fingerprint density at radius 3 is 2.67 bits per heavy atom. The van der Waals surface area contributed by atoms with Crippen molar-refractivity contribution < 1.29 is 4.21 Å². The Morgan fingerprint density at radius 2 is 1.90 bits per heavy atom. The summed E-state index contributed by atoms with van der Waals surface area (Å²) in [6, 6.07) is 8.99. The van der Waals surface area contributed by atoms with Gasteiger partial charge in [0.1, 0.15) is 0 Å². The molecule has 1 fully saturated rings. The van der Waals surface area contributed by atoms with Crippen LogP contribution in [0.1, 0.15) is 62.6 Å². The van der Waals surface area contributed by atoms with E-state index >= 15 is 0 Å². The maximum atomic E-state index is 13.1. The summed E-state index contributed by atoms with van der Waals surface area (Å²) < 4.78 is 13.1. The molecule has 0 aliphatic heterocycles. The predicted molar refractivity (Wildman–Crippen MR) is 90.0 cm³/mol. The lowest BCUT2D eigenvalue weighted by Crippen LogP contribution is -2.41. The third kappa shape index (κ3) is 3.24. The van der Waals surface area contributed by atoms with Gasteiger partial charge in [-0.25, -0.2) is 0 Å². The second-order valence-corrected chi connectivity index (χ2v) is 8.33. The fraction of sp³-hybridized carbons (Fsp3) is 0.667. The van der Waals surface area contributed by atoms with Crippen molar-refractivity contribution >= 4 is 10.8 Å². The standard InChI is InChI=1S/C18H27NOS/c1-2-19-18-16-11-7-6-8-14(16)12-13-17(18)21(20)15-9-4-3-5-10-15/h6-8,11,15,17-19H,2-5,9-10,12-13H2,1H3. The van der Waals surface area contributed by atoms with Crippen molar-refractivity contribution in [2.45, 2.75) is 68.4 Å². The largest absolute Gasteiger partial charge is 0.309 e. The van der Waals surface area contributed by atoms with Gasteiger partial charge in [0, 0.05) is 22.1 Å². The summed E-state index contributed by atoms with van der Waals surface area (Å²) in [4.78, 5) is 0. The Bertz CT molecular complexity index is 496. The molecule has 0 spiro atoms. The van der Waals surface area contributed by atoms with Gasteiger partial charge in [-0.2, -0.15) is 0 Å². The highest BCUT2D eigenvalue weighted by Crippen LogP contribution is 2.36. The molecule has 0 amide bonds. The lowest BCUT2D eigenvalue weighted by molar-refractivity contribution is 0.457. The average molecular weight is 305 g/mol. The molecule has 116 valence electrons. The van der Waals surface area contributed by atoms with Crippen LogP contribution in [0.4, 0.5) is 0 Å². The van der Waals surface area contributed by atoms with Crippen LogP contribution < -0.4 is 5.32 Å². The molecule has 21 heavy (non-hydrogen) atoms. The van der Waals surface area contributed by atoms with Crippen LogP contribution in [0.15, 0.2) is 24.3 Å². The first-order valence-electron chi connectivity index (χ1n) is 8.52. The van der Waals surface area contributed by atoms with Gasteiger partial charge in [-0.05, 0) is 43.4 Å². The van der Waals surface area contributed by atoms with E-state index in [-0.39, 0.29) is 6.04 Å². The summed E-state index contributed by atoms with van der Waals surface area (Å²) in [5.41, 5.74) is 2.83. The molecule has 0 aromatic heterocycles. The summed E-state index contributed by atoms with van der Waals surface area (Å²) >= 11 is 0. The minimum Gasteiger partial charge on any atom is -0.309 e. The molecule has 2 nitrogen and oxygen atoms in total. The average Bonchev–Trinajstić information content (AvgIpc) is 2.55. The van der Waals surface area contributed by atoms with Crippen LogP contribution in [0, 0.1) is 0 Å². The van der Waals surface area contributed by atoms with E-state index in [9.17, 15) is 4.21 Å². The van der Waals surface area contributed by atoms with Crippen LogP contribution in [-0.2, 0) is 17.2 Å². The molecule has 1 saturated carbocycles. The van der Waals surface area contributed by atoms with E-state index in [2.05, 4.69) is 36.5 Å². The number of hydrogen-bond donors (Lipinski definition) is 1. The lowest BCUT2D eigenvalue weighted by atomic mass is 9.87. The van der Waals surface area contributed by atoms with Crippen molar-refractivity contribution in [1.82, 2.24) is 5.32 Å². The molecule has 0 bridgehead atoms. The Labute approximate surface area is 131 Å². The fourth-order valence-electron chi connectivity index (χ4n) is 3.99. The lowest BCUT2D eigenvalue weighted by Gasteiger charge is -2.36. The number of hydrogen-bond acceptors (Lipinski definition) is 2. The summed E-state index contributed by atoms with van der Waals surface area (Å²) in [5.74, 6) is 0. The Morgan fingerprint density at radius 1 is 1.14 bits per heavy atom. The highest BCUT2D eigenvalue weighted by molar-refractivity contribution is 7.86. The first-order chi connectivity index (χ1) is 10.3. The van der Waals surface area contributed by atoms with E-state index in [1.54, 1.807) is 0 Å². The van der Waals surface area contributed by atoms with Gasteiger partial charge in [0.2, 0.25) is 0 Å². The number of aryl methyl sites for hydroxylation is 1.